The molecule has 0 aromatic carbocycles. The fraction of sp³-hybridized carbons (Fsp3) is 0.571. The Balaban J connectivity index is 2.09. The van der Waals surface area contributed by atoms with Crippen LogP contribution in [0.4, 0.5) is 0 Å². The summed E-state index contributed by atoms with van der Waals surface area (Å²) < 4.78 is 8.68. The number of hydrogen-bond acceptors (Lipinski definition) is 5. The zero-order valence-corrected chi connectivity index (χ0v) is 13.1. The van der Waals surface area contributed by atoms with Crippen LogP contribution in [-0.2, 0) is 23.1 Å². The van der Waals surface area contributed by atoms with Crippen LogP contribution in [0.1, 0.15) is 32.9 Å². The van der Waals surface area contributed by atoms with Crippen molar-refractivity contribution in [1.82, 2.24) is 24.5 Å². The van der Waals surface area contributed by atoms with Gasteiger partial charge in [0.2, 0.25) is 0 Å². The highest BCUT2D eigenvalue weighted by Gasteiger charge is 2.18. The van der Waals surface area contributed by atoms with E-state index in [9.17, 15) is 4.79 Å². The van der Waals surface area contributed by atoms with E-state index in [0.29, 0.717) is 12.4 Å². The van der Waals surface area contributed by atoms with Crippen molar-refractivity contribution >= 4 is 5.97 Å². The number of nitrogens with zero attached hydrogens (tertiary/aromatic N) is 5. The molecule has 2 aromatic heterocycles. The fourth-order valence-corrected chi connectivity index (χ4v) is 1.94. The van der Waals surface area contributed by atoms with Gasteiger partial charge < -0.3 is 4.74 Å². The van der Waals surface area contributed by atoms with Gasteiger partial charge in [-0.2, -0.15) is 5.10 Å². The molecule has 7 heteroatoms. The molecule has 0 aliphatic heterocycles. The summed E-state index contributed by atoms with van der Waals surface area (Å²) in [5.74, 6) is 0.359. The number of carbonyl (C=O) groups excluding carboxylic acids is 1. The third-order valence-corrected chi connectivity index (χ3v) is 2.68. The number of esters is 1. The van der Waals surface area contributed by atoms with E-state index in [2.05, 4.69) is 15.2 Å². The summed E-state index contributed by atoms with van der Waals surface area (Å²) in [6, 6.07) is 1.91. The number of rotatable bonds is 4. The molecule has 0 unspecified atom stereocenters. The molecule has 0 bridgehead atoms. The summed E-state index contributed by atoms with van der Waals surface area (Å²) in [5.41, 5.74) is 1.20. The van der Waals surface area contributed by atoms with E-state index in [4.69, 9.17) is 4.74 Å². The second-order valence-corrected chi connectivity index (χ2v) is 5.97. The molecule has 0 amide bonds. The number of carbonyl (C=O) groups is 1. The first-order valence-electron chi connectivity index (χ1n) is 6.87. The van der Waals surface area contributed by atoms with Crippen molar-refractivity contribution in [1.29, 1.82) is 0 Å². The maximum absolute atomic E-state index is 11.8. The van der Waals surface area contributed by atoms with Crippen LogP contribution in [0.15, 0.2) is 12.4 Å². The van der Waals surface area contributed by atoms with Gasteiger partial charge in [0, 0.05) is 7.05 Å². The predicted octanol–water partition coefficient (Wildman–Crippen LogP) is 1.72. The Hall–Kier alpha value is -2.18. The quantitative estimate of drug-likeness (QED) is 0.802. The lowest BCUT2D eigenvalue weighted by molar-refractivity contribution is -0.155. The van der Waals surface area contributed by atoms with Crippen LogP contribution in [0.2, 0.25) is 0 Å². The molecule has 0 N–H and O–H groups in total. The SMILES string of the molecule is Cc1cc(-c2ncn(C)n2)n(CCC(=O)OC(C)(C)C)n1. The van der Waals surface area contributed by atoms with Gasteiger partial charge >= 0.3 is 5.97 Å². The van der Waals surface area contributed by atoms with Gasteiger partial charge in [0.15, 0.2) is 5.82 Å². The summed E-state index contributed by atoms with van der Waals surface area (Å²) in [5, 5.41) is 8.65. The van der Waals surface area contributed by atoms with Crippen molar-refractivity contribution in [2.24, 2.45) is 7.05 Å². The lowest BCUT2D eigenvalue weighted by Gasteiger charge is -2.19. The lowest BCUT2D eigenvalue weighted by atomic mass is 10.2. The molecule has 0 spiro atoms. The van der Waals surface area contributed by atoms with Gasteiger partial charge in [0.05, 0.1) is 18.7 Å². The Kier molecular flexibility index (Phi) is 4.11. The van der Waals surface area contributed by atoms with Crippen molar-refractivity contribution in [3.63, 3.8) is 0 Å². The minimum Gasteiger partial charge on any atom is -0.460 e. The van der Waals surface area contributed by atoms with Gasteiger partial charge in [0.25, 0.3) is 0 Å². The molecule has 0 atom stereocenters. The van der Waals surface area contributed by atoms with Crippen LogP contribution in [0.5, 0.6) is 0 Å². The fourth-order valence-electron chi connectivity index (χ4n) is 1.94. The third-order valence-electron chi connectivity index (χ3n) is 2.68. The first-order chi connectivity index (χ1) is 9.74. The average molecular weight is 291 g/mol. The zero-order chi connectivity index (χ0) is 15.6. The topological polar surface area (TPSA) is 74.8 Å². The minimum atomic E-state index is -0.470. The summed E-state index contributed by atoms with van der Waals surface area (Å²) in [7, 11) is 1.81. The molecule has 114 valence electrons. The van der Waals surface area contributed by atoms with Gasteiger partial charge in [-0.3, -0.25) is 14.2 Å². The molecule has 0 aliphatic rings. The number of ether oxygens (including phenoxy) is 1. The highest BCUT2D eigenvalue weighted by atomic mass is 16.6. The highest BCUT2D eigenvalue weighted by molar-refractivity contribution is 5.69. The van der Waals surface area contributed by atoms with Gasteiger partial charge in [0.1, 0.15) is 17.6 Å². The summed E-state index contributed by atoms with van der Waals surface area (Å²) in [6.45, 7) is 7.90. The largest absolute Gasteiger partial charge is 0.460 e. The van der Waals surface area contributed by atoms with Crippen LogP contribution in [-0.4, -0.2) is 36.1 Å². The Morgan fingerprint density at radius 1 is 1.33 bits per heavy atom. The number of hydrogen-bond donors (Lipinski definition) is 0. The molecule has 2 heterocycles. The van der Waals surface area contributed by atoms with E-state index in [1.54, 1.807) is 15.7 Å². The molecule has 21 heavy (non-hydrogen) atoms. The lowest BCUT2D eigenvalue weighted by Crippen LogP contribution is -2.24. The zero-order valence-electron chi connectivity index (χ0n) is 13.1. The maximum Gasteiger partial charge on any atom is 0.308 e. The van der Waals surface area contributed by atoms with Crippen molar-refractivity contribution in [3.8, 4) is 11.5 Å². The normalized spacial score (nSPS) is 11.7. The molecular formula is C14H21N5O2. The van der Waals surface area contributed by atoms with Crippen molar-refractivity contribution in [3.05, 3.63) is 18.1 Å². The van der Waals surface area contributed by atoms with Crippen molar-refractivity contribution in [2.45, 2.75) is 46.3 Å². The van der Waals surface area contributed by atoms with Crippen molar-refractivity contribution in [2.75, 3.05) is 0 Å². The van der Waals surface area contributed by atoms with Gasteiger partial charge in [-0.25, -0.2) is 4.98 Å². The molecule has 0 aliphatic carbocycles. The van der Waals surface area contributed by atoms with Crippen molar-refractivity contribution < 1.29 is 9.53 Å². The molecule has 0 saturated carbocycles. The smallest absolute Gasteiger partial charge is 0.308 e. The van der Waals surface area contributed by atoms with Crippen LogP contribution < -0.4 is 0 Å². The molecular weight excluding hydrogens is 270 g/mol. The first kappa shape index (κ1) is 15.2. The summed E-state index contributed by atoms with van der Waals surface area (Å²) >= 11 is 0. The third kappa shape index (κ3) is 4.14. The van der Waals surface area contributed by atoms with E-state index in [-0.39, 0.29) is 12.4 Å². The van der Waals surface area contributed by atoms with Crippen LogP contribution in [0, 0.1) is 6.92 Å². The molecule has 0 fully saturated rings. The number of aryl methyl sites for hydroxylation is 3. The Labute approximate surface area is 123 Å². The molecule has 2 rings (SSSR count). The Morgan fingerprint density at radius 2 is 2.05 bits per heavy atom. The highest BCUT2D eigenvalue weighted by Crippen LogP contribution is 2.17. The van der Waals surface area contributed by atoms with E-state index in [1.165, 1.54) is 0 Å². The van der Waals surface area contributed by atoms with Crippen LogP contribution >= 0.6 is 0 Å². The van der Waals surface area contributed by atoms with E-state index in [0.717, 1.165) is 11.4 Å². The number of aromatic nitrogens is 5. The first-order valence-corrected chi connectivity index (χ1v) is 6.87. The van der Waals surface area contributed by atoms with Gasteiger partial charge in [-0.15, -0.1) is 5.10 Å². The van der Waals surface area contributed by atoms with E-state index < -0.39 is 5.60 Å². The molecule has 2 aromatic rings. The predicted molar refractivity (Wildman–Crippen MR) is 77.4 cm³/mol. The standard InChI is InChI=1S/C14H21N5O2/c1-10-8-11(13-15-9-18(5)17-13)19(16-10)7-6-12(20)21-14(2,3)4/h8-9H,6-7H2,1-5H3. The second-order valence-electron chi connectivity index (χ2n) is 5.97. The van der Waals surface area contributed by atoms with Crippen LogP contribution in [0.25, 0.3) is 11.5 Å². The van der Waals surface area contributed by atoms with Crippen LogP contribution in [0.3, 0.4) is 0 Å². The minimum absolute atomic E-state index is 0.240. The molecule has 7 nitrogen and oxygen atoms in total. The second kappa shape index (κ2) is 5.67. The summed E-state index contributed by atoms with van der Waals surface area (Å²) in [4.78, 5) is 16.0. The Bertz CT molecular complexity index is 636. The average Bonchev–Trinajstić information content (AvgIpc) is 2.90. The molecule has 0 saturated heterocycles. The van der Waals surface area contributed by atoms with E-state index in [1.807, 2.05) is 40.8 Å². The monoisotopic (exact) mass is 291 g/mol. The van der Waals surface area contributed by atoms with E-state index >= 15 is 0 Å². The molecule has 0 radical (unpaired) electrons. The van der Waals surface area contributed by atoms with Gasteiger partial charge in [-0.05, 0) is 33.8 Å². The van der Waals surface area contributed by atoms with Gasteiger partial charge in [-0.1, -0.05) is 0 Å². The Morgan fingerprint density at radius 3 is 2.62 bits per heavy atom. The summed E-state index contributed by atoms with van der Waals surface area (Å²) in [6.07, 6.45) is 1.90. The maximum atomic E-state index is 11.8.